The Labute approximate surface area is 336 Å². The standard InChI is InChI=1S/C45H54FN5O5S/c1-4-42-47-21-24-50(42)31-45(35-10-7-11-36(46)26-35,41-14-6-9-33(41)25-44(53)56-3)34-19-22-49(23-20-34)28-32-29-51(30-32)38-15-17-39(18-16-38)57(54,55)40-13-8-12-37(27-40)48-43(52)5-2/h5,7-8,10-13,15-18,21,24,26-27,32-34,41H,2,4,6,9,14,19-20,22-23,25,28-31H2,1,3H3,(H,48,52)/t33-,41+,45+/m1/s1. The first-order valence-electron chi connectivity index (χ1n) is 20.2. The van der Waals surface area contributed by atoms with Gasteiger partial charge in [0.1, 0.15) is 11.6 Å². The van der Waals surface area contributed by atoms with E-state index in [2.05, 4.69) is 50.4 Å². The van der Waals surface area contributed by atoms with E-state index >= 15 is 4.39 Å². The number of ether oxygens (including phenoxy) is 1. The zero-order valence-electron chi connectivity index (χ0n) is 33.0. The average molecular weight is 796 g/mol. The third-order valence-corrected chi connectivity index (χ3v) is 14.6. The number of hydrogen-bond donors (Lipinski definition) is 1. The van der Waals surface area contributed by atoms with Gasteiger partial charge >= 0.3 is 5.97 Å². The van der Waals surface area contributed by atoms with E-state index in [4.69, 9.17) is 4.74 Å². The topological polar surface area (TPSA) is 114 Å². The minimum Gasteiger partial charge on any atom is -0.469 e. The van der Waals surface area contributed by atoms with Crippen molar-refractivity contribution in [2.75, 3.05) is 50.1 Å². The number of amides is 1. The summed E-state index contributed by atoms with van der Waals surface area (Å²) in [5.41, 5.74) is 2.01. The Hall–Kier alpha value is -4.81. The summed E-state index contributed by atoms with van der Waals surface area (Å²) in [6.07, 6.45) is 11.2. The first-order chi connectivity index (χ1) is 27.5. The van der Waals surface area contributed by atoms with Crippen LogP contribution in [0.2, 0.25) is 0 Å². The van der Waals surface area contributed by atoms with Crippen LogP contribution in [0.3, 0.4) is 0 Å². The number of rotatable bonds is 15. The molecule has 0 spiro atoms. The first kappa shape index (κ1) is 40.4. The Bertz CT molecular complexity index is 2160. The molecule has 1 aromatic heterocycles. The molecular weight excluding hydrogens is 742 g/mol. The number of carbonyl (C=O) groups excluding carboxylic acids is 2. The zero-order chi connectivity index (χ0) is 40.2. The van der Waals surface area contributed by atoms with Crippen molar-refractivity contribution in [2.45, 2.75) is 73.6 Å². The number of benzene rings is 3. The second-order valence-corrected chi connectivity index (χ2v) is 18.0. The molecule has 10 nitrogen and oxygen atoms in total. The molecule has 3 fully saturated rings. The molecule has 302 valence electrons. The van der Waals surface area contributed by atoms with E-state index in [1.54, 1.807) is 30.3 Å². The van der Waals surface area contributed by atoms with Gasteiger partial charge in [0, 0.05) is 74.1 Å². The number of carbonyl (C=O) groups is 2. The normalized spacial score (nSPS) is 20.4. The molecular formula is C45H54FN5O5S. The van der Waals surface area contributed by atoms with Crippen molar-refractivity contribution in [1.82, 2.24) is 14.5 Å². The maximum Gasteiger partial charge on any atom is 0.305 e. The molecule has 0 unspecified atom stereocenters. The van der Waals surface area contributed by atoms with E-state index in [-0.39, 0.29) is 44.7 Å². The molecule has 4 aromatic rings. The van der Waals surface area contributed by atoms with Crippen LogP contribution in [-0.2, 0) is 42.5 Å². The molecule has 3 aliphatic rings. The minimum atomic E-state index is -3.78. The Balaban J connectivity index is 1.03. The van der Waals surface area contributed by atoms with Gasteiger partial charge in [-0.15, -0.1) is 0 Å². The molecule has 0 radical (unpaired) electrons. The van der Waals surface area contributed by atoms with Gasteiger partial charge in [-0.2, -0.15) is 0 Å². The number of anilines is 2. The van der Waals surface area contributed by atoms with Crippen molar-refractivity contribution < 1.29 is 27.1 Å². The summed E-state index contributed by atoms with van der Waals surface area (Å²) in [4.78, 5) is 34.3. The van der Waals surface area contributed by atoms with Crippen LogP contribution in [0.25, 0.3) is 0 Å². The van der Waals surface area contributed by atoms with Crippen molar-refractivity contribution in [2.24, 2.45) is 23.7 Å². The molecule has 57 heavy (non-hydrogen) atoms. The van der Waals surface area contributed by atoms with Gasteiger partial charge in [-0.05, 0) is 123 Å². The van der Waals surface area contributed by atoms with Gasteiger partial charge in [-0.3, -0.25) is 9.59 Å². The van der Waals surface area contributed by atoms with E-state index < -0.39 is 15.7 Å². The van der Waals surface area contributed by atoms with Crippen LogP contribution in [0.5, 0.6) is 0 Å². The van der Waals surface area contributed by atoms with Gasteiger partial charge in [-0.1, -0.05) is 38.1 Å². The summed E-state index contributed by atoms with van der Waals surface area (Å²) in [7, 11) is -2.32. The number of imidazole rings is 1. The summed E-state index contributed by atoms with van der Waals surface area (Å²) < 4.78 is 49.5. The summed E-state index contributed by atoms with van der Waals surface area (Å²) in [5, 5.41) is 2.62. The van der Waals surface area contributed by atoms with E-state index in [1.165, 1.54) is 25.3 Å². The highest BCUT2D eigenvalue weighted by atomic mass is 32.2. The Kier molecular flexibility index (Phi) is 12.3. The molecule has 1 saturated carbocycles. The minimum absolute atomic E-state index is 0.106. The van der Waals surface area contributed by atoms with Crippen molar-refractivity contribution in [1.29, 1.82) is 0 Å². The van der Waals surface area contributed by atoms with Gasteiger partial charge in [0.05, 0.1) is 16.9 Å². The lowest BCUT2D eigenvalue weighted by molar-refractivity contribution is -0.142. The van der Waals surface area contributed by atoms with Crippen LogP contribution in [-0.4, -0.2) is 74.6 Å². The van der Waals surface area contributed by atoms with Crippen molar-refractivity contribution >= 4 is 33.1 Å². The van der Waals surface area contributed by atoms with Crippen LogP contribution in [0.1, 0.15) is 56.8 Å². The SMILES string of the molecule is C=CC(=O)Nc1cccc(S(=O)(=O)c2ccc(N3CC(CN4CCC([C@@](Cn5ccnc5CC)(c5cccc(F)c5)[C@H]5CCC[C@@H]5CC(=O)OC)CC4)C3)cc2)c1. The number of aromatic nitrogens is 2. The maximum absolute atomic E-state index is 15.2. The van der Waals surface area contributed by atoms with Gasteiger partial charge in [0.25, 0.3) is 0 Å². The molecule has 2 saturated heterocycles. The molecule has 1 amide bonds. The highest BCUT2D eigenvalue weighted by Crippen LogP contribution is 2.54. The highest BCUT2D eigenvalue weighted by Gasteiger charge is 2.52. The summed E-state index contributed by atoms with van der Waals surface area (Å²) in [5.74, 6) is 1.32. The molecule has 3 heterocycles. The van der Waals surface area contributed by atoms with Crippen LogP contribution >= 0.6 is 0 Å². The van der Waals surface area contributed by atoms with E-state index in [1.807, 2.05) is 24.4 Å². The van der Waals surface area contributed by atoms with Crippen molar-refractivity contribution in [3.63, 3.8) is 0 Å². The molecule has 0 bridgehead atoms. The largest absolute Gasteiger partial charge is 0.469 e. The monoisotopic (exact) mass is 795 g/mol. The highest BCUT2D eigenvalue weighted by molar-refractivity contribution is 7.91. The van der Waals surface area contributed by atoms with Gasteiger partial charge in [0.2, 0.25) is 15.7 Å². The quantitative estimate of drug-likeness (QED) is 0.0986. The van der Waals surface area contributed by atoms with Crippen LogP contribution < -0.4 is 10.2 Å². The number of nitrogens with one attached hydrogen (secondary N) is 1. The predicted molar refractivity (Wildman–Crippen MR) is 219 cm³/mol. The molecule has 1 aliphatic carbocycles. The Morgan fingerprint density at radius 1 is 1.00 bits per heavy atom. The number of hydrogen-bond acceptors (Lipinski definition) is 8. The summed E-state index contributed by atoms with van der Waals surface area (Å²) in [6, 6.07) is 20.5. The van der Waals surface area contributed by atoms with Crippen LogP contribution in [0.4, 0.5) is 15.8 Å². The van der Waals surface area contributed by atoms with E-state index in [0.717, 1.165) is 94.4 Å². The lowest BCUT2D eigenvalue weighted by Gasteiger charge is -2.51. The molecule has 3 atom stereocenters. The molecule has 3 aromatic carbocycles. The van der Waals surface area contributed by atoms with Crippen LogP contribution in [0, 0.1) is 29.5 Å². The summed E-state index contributed by atoms with van der Waals surface area (Å²) in [6.45, 7) is 10.9. The number of halogens is 1. The third kappa shape index (κ3) is 8.57. The zero-order valence-corrected chi connectivity index (χ0v) is 33.8. The molecule has 7 rings (SSSR count). The number of piperidine rings is 1. The number of sulfone groups is 1. The fraction of sp³-hybridized carbons (Fsp3) is 0.444. The second kappa shape index (κ2) is 17.4. The fourth-order valence-electron chi connectivity index (χ4n) is 10.0. The van der Waals surface area contributed by atoms with E-state index in [9.17, 15) is 18.0 Å². The lowest BCUT2D eigenvalue weighted by Crippen LogP contribution is -2.55. The smallest absolute Gasteiger partial charge is 0.305 e. The van der Waals surface area contributed by atoms with E-state index in [0.29, 0.717) is 24.6 Å². The summed E-state index contributed by atoms with van der Waals surface area (Å²) >= 11 is 0. The number of esters is 1. The fourth-order valence-corrected chi connectivity index (χ4v) is 11.3. The maximum atomic E-state index is 15.2. The Morgan fingerprint density at radius 2 is 1.75 bits per heavy atom. The molecule has 12 heteroatoms. The van der Waals surface area contributed by atoms with Crippen molar-refractivity contribution in [3.05, 3.63) is 115 Å². The Morgan fingerprint density at radius 3 is 2.46 bits per heavy atom. The van der Waals surface area contributed by atoms with Crippen LogP contribution in [0.15, 0.2) is 108 Å². The number of methoxy groups -OCH3 is 1. The van der Waals surface area contributed by atoms with Gasteiger partial charge in [0.15, 0.2) is 0 Å². The third-order valence-electron chi connectivity index (χ3n) is 12.8. The molecule has 2 aliphatic heterocycles. The lowest BCUT2D eigenvalue weighted by atomic mass is 9.57. The second-order valence-electron chi connectivity index (χ2n) is 16.0. The van der Waals surface area contributed by atoms with Gasteiger partial charge in [-0.25, -0.2) is 17.8 Å². The predicted octanol–water partition coefficient (Wildman–Crippen LogP) is 7.31. The molecule has 1 N–H and O–H groups in total. The number of nitrogens with zero attached hydrogens (tertiary/aromatic N) is 4. The van der Waals surface area contributed by atoms with Crippen molar-refractivity contribution in [3.8, 4) is 0 Å². The van der Waals surface area contributed by atoms with Gasteiger partial charge < -0.3 is 24.4 Å². The first-order valence-corrected chi connectivity index (χ1v) is 21.7. The number of likely N-dealkylation sites (tertiary alicyclic amines) is 1. The average Bonchev–Trinajstić information content (AvgIpc) is 3.87. The number of aryl methyl sites for hydroxylation is 1.